The zero-order valence-electron chi connectivity index (χ0n) is 10.9. The molecule has 0 spiro atoms. The van der Waals surface area contributed by atoms with E-state index in [1.54, 1.807) is 13.1 Å². The number of ether oxygens (including phenoxy) is 1. The number of nitrogens with one attached hydrogen (secondary N) is 1. The quantitative estimate of drug-likeness (QED) is 0.890. The molecule has 1 amide bonds. The number of nitrogens with zero attached hydrogens (tertiary/aromatic N) is 2. The Balaban J connectivity index is 1.80. The second-order valence-corrected chi connectivity index (χ2v) is 4.44. The van der Waals surface area contributed by atoms with Gasteiger partial charge in [0.25, 0.3) is 5.91 Å². The van der Waals surface area contributed by atoms with Gasteiger partial charge in [-0.3, -0.25) is 4.79 Å². The van der Waals surface area contributed by atoms with Gasteiger partial charge in [-0.2, -0.15) is 4.99 Å². The van der Waals surface area contributed by atoms with Gasteiger partial charge in [0.1, 0.15) is 5.84 Å². The summed E-state index contributed by atoms with van der Waals surface area (Å²) < 4.78 is 5.40. The van der Waals surface area contributed by atoms with Crippen LogP contribution >= 0.6 is 0 Å². The summed E-state index contributed by atoms with van der Waals surface area (Å²) in [6.07, 6.45) is 4.78. The highest BCUT2D eigenvalue weighted by molar-refractivity contribution is 6.18. The number of hydrogen-bond donors (Lipinski definition) is 1. The van der Waals surface area contributed by atoms with Gasteiger partial charge in [-0.15, -0.1) is 0 Å². The van der Waals surface area contributed by atoms with E-state index in [1.165, 1.54) is 0 Å². The van der Waals surface area contributed by atoms with Crippen molar-refractivity contribution >= 4 is 23.7 Å². The molecule has 3 rings (SSSR count). The van der Waals surface area contributed by atoms with E-state index in [0.717, 1.165) is 5.56 Å². The maximum atomic E-state index is 11.5. The summed E-state index contributed by atoms with van der Waals surface area (Å²) in [5.41, 5.74) is 1.07. The SMILES string of the molecule is CC1OC2=CN=C(C=Cc3ccccc3)NC2=NC1=O. The molecule has 5 heteroatoms. The molecule has 0 saturated heterocycles. The molecular formula is C15H13N3O2. The van der Waals surface area contributed by atoms with Gasteiger partial charge in [-0.1, -0.05) is 36.4 Å². The van der Waals surface area contributed by atoms with Crippen molar-refractivity contribution in [1.29, 1.82) is 0 Å². The minimum atomic E-state index is -0.552. The van der Waals surface area contributed by atoms with Crippen molar-refractivity contribution in [1.82, 2.24) is 5.32 Å². The van der Waals surface area contributed by atoms with Gasteiger partial charge in [0, 0.05) is 0 Å². The molecule has 0 radical (unpaired) electrons. The van der Waals surface area contributed by atoms with Crippen LogP contribution in [0.15, 0.2) is 58.4 Å². The zero-order valence-corrected chi connectivity index (χ0v) is 10.9. The molecular weight excluding hydrogens is 254 g/mol. The summed E-state index contributed by atoms with van der Waals surface area (Å²) in [7, 11) is 0. The van der Waals surface area contributed by atoms with E-state index >= 15 is 0 Å². The van der Waals surface area contributed by atoms with E-state index in [4.69, 9.17) is 4.74 Å². The van der Waals surface area contributed by atoms with Crippen LogP contribution in [-0.4, -0.2) is 23.7 Å². The van der Waals surface area contributed by atoms with Crippen LogP contribution in [0.2, 0.25) is 0 Å². The Morgan fingerprint density at radius 1 is 1.25 bits per heavy atom. The van der Waals surface area contributed by atoms with Crippen molar-refractivity contribution < 1.29 is 9.53 Å². The topological polar surface area (TPSA) is 63.0 Å². The fourth-order valence-corrected chi connectivity index (χ4v) is 1.84. The average molecular weight is 267 g/mol. The first kappa shape index (κ1) is 12.3. The molecule has 20 heavy (non-hydrogen) atoms. The molecule has 1 aromatic rings. The van der Waals surface area contributed by atoms with Crippen LogP contribution in [0, 0.1) is 0 Å². The van der Waals surface area contributed by atoms with Crippen LogP contribution in [0.4, 0.5) is 0 Å². The standard InChI is InChI=1S/C15H13N3O2/c1-10-15(19)18-14-12(20-10)9-16-13(17-14)8-7-11-5-3-2-4-6-11/h2-10H,1H3,(H,16,17,18,19). The molecule has 0 aromatic heterocycles. The predicted octanol–water partition coefficient (Wildman–Crippen LogP) is 1.89. The van der Waals surface area contributed by atoms with Crippen LogP contribution in [0.3, 0.4) is 0 Å². The summed E-state index contributed by atoms with van der Waals surface area (Å²) >= 11 is 0. The lowest BCUT2D eigenvalue weighted by Crippen LogP contribution is -2.40. The summed E-state index contributed by atoms with van der Waals surface area (Å²) in [6, 6.07) is 9.88. The van der Waals surface area contributed by atoms with Crippen molar-refractivity contribution in [3.8, 4) is 0 Å². The Morgan fingerprint density at radius 3 is 2.85 bits per heavy atom. The van der Waals surface area contributed by atoms with Gasteiger partial charge in [-0.05, 0) is 18.6 Å². The number of carbonyl (C=O) groups is 1. The number of fused-ring (bicyclic) bond motifs is 1. The Bertz CT molecular complexity index is 657. The molecule has 5 nitrogen and oxygen atoms in total. The molecule has 1 atom stereocenters. The number of aliphatic imine (C=N–C) groups is 2. The largest absolute Gasteiger partial charge is 0.475 e. The Hall–Kier alpha value is -2.69. The second-order valence-electron chi connectivity index (χ2n) is 4.44. The number of benzene rings is 1. The minimum Gasteiger partial charge on any atom is -0.475 e. The van der Waals surface area contributed by atoms with Gasteiger partial charge < -0.3 is 10.1 Å². The van der Waals surface area contributed by atoms with E-state index < -0.39 is 6.10 Å². The smallest absolute Gasteiger partial charge is 0.288 e. The van der Waals surface area contributed by atoms with Gasteiger partial charge in [0.2, 0.25) is 0 Å². The average Bonchev–Trinajstić information content (AvgIpc) is 2.47. The molecule has 1 aromatic carbocycles. The second kappa shape index (κ2) is 5.13. The van der Waals surface area contributed by atoms with Gasteiger partial charge in [0.05, 0.1) is 6.20 Å². The monoisotopic (exact) mass is 267 g/mol. The normalized spacial score (nSPS) is 21.4. The fourth-order valence-electron chi connectivity index (χ4n) is 1.84. The van der Waals surface area contributed by atoms with Crippen molar-refractivity contribution in [2.75, 3.05) is 0 Å². The minimum absolute atomic E-state index is 0.294. The van der Waals surface area contributed by atoms with Crippen molar-refractivity contribution in [2.24, 2.45) is 9.98 Å². The fraction of sp³-hybridized carbons (Fsp3) is 0.133. The first-order chi connectivity index (χ1) is 9.72. The van der Waals surface area contributed by atoms with Crippen LogP contribution in [0.25, 0.3) is 6.08 Å². The number of amidine groups is 2. The van der Waals surface area contributed by atoms with E-state index in [0.29, 0.717) is 17.4 Å². The molecule has 2 aliphatic heterocycles. The highest BCUT2D eigenvalue weighted by Gasteiger charge is 2.27. The van der Waals surface area contributed by atoms with E-state index in [-0.39, 0.29) is 5.91 Å². The molecule has 0 fully saturated rings. The Morgan fingerprint density at radius 2 is 2.05 bits per heavy atom. The molecule has 1 unspecified atom stereocenters. The van der Waals surface area contributed by atoms with Crippen LogP contribution < -0.4 is 5.32 Å². The number of hydrogen-bond acceptors (Lipinski definition) is 4. The molecule has 0 saturated carbocycles. The lowest BCUT2D eigenvalue weighted by atomic mass is 10.2. The third-order valence-corrected chi connectivity index (χ3v) is 2.91. The van der Waals surface area contributed by atoms with Crippen LogP contribution in [-0.2, 0) is 9.53 Å². The Labute approximate surface area is 116 Å². The zero-order chi connectivity index (χ0) is 13.9. The van der Waals surface area contributed by atoms with Crippen LogP contribution in [0.1, 0.15) is 12.5 Å². The lowest BCUT2D eigenvalue weighted by molar-refractivity contribution is -0.126. The summed E-state index contributed by atoms with van der Waals surface area (Å²) in [4.78, 5) is 19.7. The van der Waals surface area contributed by atoms with E-state index in [9.17, 15) is 4.79 Å². The maximum Gasteiger partial charge on any atom is 0.288 e. The number of carbonyl (C=O) groups excluding carboxylic acids is 1. The summed E-state index contributed by atoms with van der Waals surface area (Å²) in [5.74, 6) is 1.23. The number of rotatable bonds is 2. The molecule has 1 N–H and O–H groups in total. The third-order valence-electron chi connectivity index (χ3n) is 2.91. The summed E-state index contributed by atoms with van der Waals surface area (Å²) in [6.45, 7) is 1.66. The molecule has 0 aliphatic carbocycles. The first-order valence-electron chi connectivity index (χ1n) is 6.30. The Kier molecular flexibility index (Phi) is 3.16. The molecule has 2 heterocycles. The van der Waals surface area contributed by atoms with Gasteiger partial charge >= 0.3 is 0 Å². The molecule has 2 aliphatic rings. The van der Waals surface area contributed by atoms with Gasteiger partial charge in [-0.25, -0.2) is 4.99 Å². The van der Waals surface area contributed by atoms with E-state index in [2.05, 4.69) is 15.3 Å². The maximum absolute atomic E-state index is 11.5. The number of amides is 1. The highest BCUT2D eigenvalue weighted by atomic mass is 16.5. The lowest BCUT2D eigenvalue weighted by Gasteiger charge is -2.23. The molecule has 100 valence electrons. The van der Waals surface area contributed by atoms with Gasteiger partial charge in [0.15, 0.2) is 17.7 Å². The molecule has 0 bridgehead atoms. The van der Waals surface area contributed by atoms with Crippen molar-refractivity contribution in [3.05, 3.63) is 53.9 Å². The van der Waals surface area contributed by atoms with Crippen molar-refractivity contribution in [3.63, 3.8) is 0 Å². The predicted molar refractivity (Wildman–Crippen MR) is 77.1 cm³/mol. The van der Waals surface area contributed by atoms with Crippen molar-refractivity contribution in [2.45, 2.75) is 13.0 Å². The third kappa shape index (κ3) is 2.51. The summed E-state index contributed by atoms with van der Waals surface area (Å²) in [5, 5.41) is 2.98. The van der Waals surface area contributed by atoms with Crippen LogP contribution in [0.5, 0.6) is 0 Å². The van der Waals surface area contributed by atoms with E-state index in [1.807, 2.05) is 42.5 Å². The highest BCUT2D eigenvalue weighted by Crippen LogP contribution is 2.15. The first-order valence-corrected chi connectivity index (χ1v) is 6.30.